The van der Waals surface area contributed by atoms with Gasteiger partial charge in [-0.05, 0) is 18.6 Å². The van der Waals surface area contributed by atoms with Gasteiger partial charge in [0.1, 0.15) is 0 Å². The molecule has 0 unspecified atom stereocenters. The van der Waals surface area contributed by atoms with Gasteiger partial charge in [-0.2, -0.15) is 0 Å². The fraction of sp³-hybridized carbons (Fsp3) is 0.467. The van der Waals surface area contributed by atoms with Crippen molar-refractivity contribution in [2.24, 2.45) is 0 Å². The number of carbonyl (C=O) groups excluding carboxylic acids is 2. The normalized spacial score (nSPS) is 10.2. The second kappa shape index (κ2) is 8.26. The van der Waals surface area contributed by atoms with Crippen molar-refractivity contribution in [2.45, 2.75) is 13.3 Å². The minimum absolute atomic E-state index is 0.137. The van der Waals surface area contributed by atoms with Crippen molar-refractivity contribution in [1.29, 1.82) is 0 Å². The summed E-state index contributed by atoms with van der Waals surface area (Å²) in [6.45, 7) is 2.89. The van der Waals surface area contributed by atoms with E-state index in [1.807, 2.05) is 13.0 Å². The average Bonchev–Trinajstić information content (AvgIpc) is 2.49. The van der Waals surface area contributed by atoms with Gasteiger partial charge >= 0.3 is 5.97 Å². The molecule has 1 amide bonds. The molecule has 0 aliphatic carbocycles. The molecule has 0 saturated carbocycles. The van der Waals surface area contributed by atoms with Crippen LogP contribution in [0.25, 0.3) is 0 Å². The number of esters is 1. The first-order valence-electron chi connectivity index (χ1n) is 6.71. The summed E-state index contributed by atoms with van der Waals surface area (Å²) in [5, 5.41) is 0. The maximum atomic E-state index is 12.6. The van der Waals surface area contributed by atoms with Crippen LogP contribution >= 0.6 is 0 Å². The summed E-state index contributed by atoms with van der Waals surface area (Å²) in [5.41, 5.74) is 7.71. The monoisotopic (exact) mass is 294 g/mol. The van der Waals surface area contributed by atoms with Gasteiger partial charge in [-0.3, -0.25) is 9.59 Å². The number of hydrogen-bond donors (Lipinski definition) is 1. The van der Waals surface area contributed by atoms with E-state index in [4.69, 9.17) is 10.5 Å². The van der Waals surface area contributed by atoms with Crippen LogP contribution in [0.15, 0.2) is 18.2 Å². The van der Waals surface area contributed by atoms with Crippen molar-refractivity contribution >= 4 is 17.6 Å². The molecule has 0 atom stereocenters. The van der Waals surface area contributed by atoms with Crippen LogP contribution in [-0.4, -0.2) is 50.7 Å². The van der Waals surface area contributed by atoms with Crippen molar-refractivity contribution < 1.29 is 19.1 Å². The lowest BCUT2D eigenvalue weighted by Crippen LogP contribution is -2.36. The number of benzene rings is 1. The molecule has 0 saturated heterocycles. The molecule has 0 heterocycles. The molecule has 0 bridgehead atoms. The van der Waals surface area contributed by atoms with Gasteiger partial charge in [0.15, 0.2) is 0 Å². The highest BCUT2D eigenvalue weighted by molar-refractivity contribution is 5.99. The highest BCUT2D eigenvalue weighted by Crippen LogP contribution is 2.18. The van der Waals surface area contributed by atoms with E-state index in [1.165, 1.54) is 7.11 Å². The van der Waals surface area contributed by atoms with Crippen LogP contribution in [0.1, 0.15) is 22.3 Å². The minimum atomic E-state index is -0.359. The maximum Gasteiger partial charge on any atom is 0.307 e. The number of aryl methyl sites for hydroxylation is 1. The SMILES string of the molecule is COCCN(CCC(=O)OC)C(=O)c1cccc(C)c1N. The van der Waals surface area contributed by atoms with E-state index in [9.17, 15) is 9.59 Å². The summed E-state index contributed by atoms with van der Waals surface area (Å²) in [6, 6.07) is 5.32. The van der Waals surface area contributed by atoms with Gasteiger partial charge in [0.2, 0.25) is 0 Å². The predicted octanol–water partition coefficient (Wildman–Crippen LogP) is 1.23. The van der Waals surface area contributed by atoms with Crippen LogP contribution in [0.2, 0.25) is 0 Å². The summed E-state index contributed by atoms with van der Waals surface area (Å²) in [5.74, 6) is -0.570. The molecule has 1 rings (SSSR count). The van der Waals surface area contributed by atoms with Crippen molar-refractivity contribution in [1.82, 2.24) is 4.90 Å². The van der Waals surface area contributed by atoms with E-state index in [2.05, 4.69) is 4.74 Å². The first-order chi connectivity index (χ1) is 10.0. The first-order valence-corrected chi connectivity index (χ1v) is 6.71. The van der Waals surface area contributed by atoms with Crippen LogP contribution in [0.5, 0.6) is 0 Å². The van der Waals surface area contributed by atoms with Gasteiger partial charge in [0.25, 0.3) is 5.91 Å². The lowest BCUT2D eigenvalue weighted by molar-refractivity contribution is -0.140. The van der Waals surface area contributed by atoms with Crippen molar-refractivity contribution in [2.75, 3.05) is 39.6 Å². The number of nitrogens with zero attached hydrogens (tertiary/aromatic N) is 1. The molecule has 21 heavy (non-hydrogen) atoms. The van der Waals surface area contributed by atoms with Gasteiger partial charge in [0, 0.05) is 25.9 Å². The molecule has 0 aliphatic rings. The van der Waals surface area contributed by atoms with E-state index in [-0.39, 0.29) is 24.8 Å². The van der Waals surface area contributed by atoms with Gasteiger partial charge in [-0.25, -0.2) is 0 Å². The molecular weight excluding hydrogens is 272 g/mol. The van der Waals surface area contributed by atoms with Crippen molar-refractivity contribution in [3.05, 3.63) is 29.3 Å². The Kier molecular flexibility index (Phi) is 6.68. The van der Waals surface area contributed by atoms with E-state index < -0.39 is 0 Å². The average molecular weight is 294 g/mol. The highest BCUT2D eigenvalue weighted by atomic mass is 16.5. The van der Waals surface area contributed by atoms with Crippen molar-refractivity contribution in [3.8, 4) is 0 Å². The summed E-state index contributed by atoms with van der Waals surface area (Å²) in [4.78, 5) is 25.4. The molecule has 0 aliphatic heterocycles. The molecule has 0 radical (unpaired) electrons. The number of anilines is 1. The number of para-hydroxylation sites is 1. The van der Waals surface area contributed by atoms with Crippen LogP contribution in [0, 0.1) is 6.92 Å². The quantitative estimate of drug-likeness (QED) is 0.604. The van der Waals surface area contributed by atoms with Crippen LogP contribution < -0.4 is 5.73 Å². The summed E-state index contributed by atoms with van der Waals surface area (Å²) >= 11 is 0. The number of hydrogen-bond acceptors (Lipinski definition) is 5. The third kappa shape index (κ3) is 4.75. The molecule has 6 nitrogen and oxygen atoms in total. The lowest BCUT2D eigenvalue weighted by Gasteiger charge is -2.23. The molecule has 0 spiro atoms. The largest absolute Gasteiger partial charge is 0.469 e. The summed E-state index contributed by atoms with van der Waals surface area (Å²) in [6.07, 6.45) is 0.137. The molecule has 1 aromatic carbocycles. The smallest absolute Gasteiger partial charge is 0.307 e. The zero-order chi connectivity index (χ0) is 15.8. The number of ether oxygens (including phenoxy) is 2. The predicted molar refractivity (Wildman–Crippen MR) is 80.0 cm³/mol. The fourth-order valence-corrected chi connectivity index (χ4v) is 1.88. The third-order valence-electron chi connectivity index (χ3n) is 3.22. The molecular formula is C15H22N2O4. The lowest BCUT2D eigenvalue weighted by atomic mass is 10.1. The number of rotatable bonds is 7. The molecule has 0 fully saturated rings. The molecule has 0 aromatic heterocycles. The Morgan fingerprint density at radius 2 is 1.95 bits per heavy atom. The Hall–Kier alpha value is -2.08. The Morgan fingerprint density at radius 1 is 1.24 bits per heavy atom. The van der Waals surface area contributed by atoms with E-state index in [0.29, 0.717) is 24.4 Å². The first kappa shape index (κ1) is 17.0. The molecule has 6 heteroatoms. The topological polar surface area (TPSA) is 81.9 Å². The van der Waals surface area contributed by atoms with Gasteiger partial charge in [-0.15, -0.1) is 0 Å². The summed E-state index contributed by atoms with van der Waals surface area (Å²) < 4.78 is 9.60. The Labute approximate surface area is 124 Å². The van der Waals surface area contributed by atoms with Gasteiger partial charge in [0.05, 0.1) is 25.7 Å². The van der Waals surface area contributed by atoms with Crippen LogP contribution in [0.4, 0.5) is 5.69 Å². The summed E-state index contributed by atoms with van der Waals surface area (Å²) in [7, 11) is 2.88. The number of amides is 1. The van der Waals surface area contributed by atoms with Crippen molar-refractivity contribution in [3.63, 3.8) is 0 Å². The standard InChI is InChI=1S/C15H22N2O4/c1-11-5-4-6-12(14(11)16)15(19)17(9-10-20-2)8-7-13(18)21-3/h4-6H,7-10,16H2,1-3H3. The zero-order valence-corrected chi connectivity index (χ0v) is 12.7. The minimum Gasteiger partial charge on any atom is -0.469 e. The van der Waals surface area contributed by atoms with E-state index in [0.717, 1.165) is 5.56 Å². The van der Waals surface area contributed by atoms with Crippen LogP contribution in [0.3, 0.4) is 0 Å². The second-order valence-corrected chi connectivity index (χ2v) is 4.65. The Morgan fingerprint density at radius 3 is 2.57 bits per heavy atom. The molecule has 1 aromatic rings. The van der Waals surface area contributed by atoms with Gasteiger partial charge < -0.3 is 20.1 Å². The number of methoxy groups -OCH3 is 2. The number of nitrogens with two attached hydrogens (primary N) is 1. The molecule has 116 valence electrons. The van der Waals surface area contributed by atoms with Gasteiger partial charge in [-0.1, -0.05) is 12.1 Å². The fourth-order valence-electron chi connectivity index (χ4n) is 1.88. The third-order valence-corrected chi connectivity index (χ3v) is 3.22. The number of nitrogen functional groups attached to an aromatic ring is 1. The molecule has 2 N–H and O–H groups in total. The maximum absolute atomic E-state index is 12.6. The number of carbonyl (C=O) groups is 2. The van der Waals surface area contributed by atoms with Crippen LogP contribution in [-0.2, 0) is 14.3 Å². The highest BCUT2D eigenvalue weighted by Gasteiger charge is 2.19. The Bertz CT molecular complexity index is 502. The van der Waals surface area contributed by atoms with E-state index in [1.54, 1.807) is 24.1 Å². The zero-order valence-electron chi connectivity index (χ0n) is 12.7. The Balaban J connectivity index is 2.88. The second-order valence-electron chi connectivity index (χ2n) is 4.65. The van der Waals surface area contributed by atoms with E-state index >= 15 is 0 Å².